The fraction of sp³-hybridized carbons (Fsp3) is 0.684. The maximum atomic E-state index is 9.44. The van der Waals surface area contributed by atoms with Crippen molar-refractivity contribution in [2.75, 3.05) is 5.38 Å². The van der Waals surface area contributed by atoms with Crippen molar-refractivity contribution in [3.05, 3.63) is 24.3 Å². The minimum atomic E-state index is -1.28. The molecule has 1 nitrogen and oxygen atoms in total. The first-order chi connectivity index (χ1) is 10.2. The highest BCUT2D eigenvalue weighted by atomic mass is 32.2. The molecule has 0 atom stereocenters. The smallest absolute Gasteiger partial charge is 0.115 e. The topological polar surface area (TPSA) is 20.2 Å². The van der Waals surface area contributed by atoms with Crippen molar-refractivity contribution >= 4 is 19.8 Å². The molecule has 0 bridgehead atoms. The third-order valence-corrected chi connectivity index (χ3v) is 12.6. The maximum absolute atomic E-state index is 9.44. The van der Waals surface area contributed by atoms with Gasteiger partial charge in [0.2, 0.25) is 0 Å². The second-order valence-corrected chi connectivity index (χ2v) is 14.2. The standard InChI is InChI=1S/C19H34OSSi/c1-15(2)11-22(12-16(3)4,13-17(5)6)14-21-19-9-7-18(20)8-10-19/h7-10,15-17,20H,11-14H2,1-6H3. The number of rotatable bonds is 9. The summed E-state index contributed by atoms with van der Waals surface area (Å²) in [4.78, 5) is 1.30. The molecule has 0 saturated carbocycles. The highest BCUT2D eigenvalue weighted by Crippen LogP contribution is 2.36. The number of hydrogen-bond donors (Lipinski definition) is 1. The minimum absolute atomic E-state index is 0.361. The molecule has 0 aliphatic carbocycles. The molecule has 0 saturated heterocycles. The summed E-state index contributed by atoms with van der Waals surface area (Å²) in [5.74, 6) is 2.75. The van der Waals surface area contributed by atoms with Gasteiger partial charge in [0.15, 0.2) is 0 Å². The number of phenolic OH excluding ortho intramolecular Hbond substituents is 1. The van der Waals surface area contributed by atoms with Crippen LogP contribution in [-0.4, -0.2) is 18.6 Å². The fourth-order valence-corrected chi connectivity index (χ4v) is 13.1. The maximum Gasteiger partial charge on any atom is 0.115 e. The van der Waals surface area contributed by atoms with Crippen LogP contribution in [0.4, 0.5) is 0 Å². The highest BCUT2D eigenvalue weighted by molar-refractivity contribution is 8.01. The van der Waals surface area contributed by atoms with Gasteiger partial charge in [0.1, 0.15) is 5.75 Å². The number of phenols is 1. The summed E-state index contributed by atoms with van der Waals surface area (Å²) >= 11 is 2.01. The first kappa shape index (κ1) is 19.6. The zero-order valence-electron chi connectivity index (χ0n) is 15.2. The van der Waals surface area contributed by atoms with Crippen molar-refractivity contribution in [2.45, 2.75) is 64.6 Å². The van der Waals surface area contributed by atoms with Crippen LogP contribution in [0.2, 0.25) is 18.1 Å². The number of thioether (sulfide) groups is 1. The molecule has 0 heterocycles. The quantitative estimate of drug-likeness (QED) is 0.413. The van der Waals surface area contributed by atoms with E-state index >= 15 is 0 Å². The van der Waals surface area contributed by atoms with E-state index in [0.29, 0.717) is 5.75 Å². The molecule has 1 aromatic carbocycles. The van der Waals surface area contributed by atoms with E-state index in [-0.39, 0.29) is 0 Å². The van der Waals surface area contributed by atoms with Gasteiger partial charge in [0.05, 0.1) is 8.07 Å². The lowest BCUT2D eigenvalue weighted by Crippen LogP contribution is -2.41. The SMILES string of the molecule is CC(C)C[Si](CSc1ccc(O)cc1)(CC(C)C)CC(C)C. The molecule has 0 radical (unpaired) electrons. The van der Waals surface area contributed by atoms with E-state index in [1.165, 1.54) is 28.4 Å². The molecule has 0 spiro atoms. The monoisotopic (exact) mass is 338 g/mol. The second kappa shape index (κ2) is 9.02. The molecule has 1 rings (SSSR count). The van der Waals surface area contributed by atoms with Crippen molar-refractivity contribution in [1.82, 2.24) is 0 Å². The molecule has 1 N–H and O–H groups in total. The normalized spacial score (nSPS) is 12.6. The molecule has 0 aliphatic heterocycles. The summed E-state index contributed by atoms with van der Waals surface area (Å²) in [6.07, 6.45) is 0. The molecule has 3 heteroatoms. The van der Waals surface area contributed by atoms with Gasteiger partial charge < -0.3 is 5.11 Å². The number of hydrogen-bond acceptors (Lipinski definition) is 2. The van der Waals surface area contributed by atoms with Crippen molar-refractivity contribution in [3.63, 3.8) is 0 Å². The van der Waals surface area contributed by atoms with Gasteiger partial charge in [-0.15, -0.1) is 11.8 Å². The number of aromatic hydroxyl groups is 1. The zero-order valence-corrected chi connectivity index (χ0v) is 17.0. The van der Waals surface area contributed by atoms with E-state index in [2.05, 4.69) is 53.7 Å². The molecule has 0 aliphatic rings. The van der Waals surface area contributed by atoms with Gasteiger partial charge in [0.25, 0.3) is 0 Å². The van der Waals surface area contributed by atoms with Crippen LogP contribution in [0.3, 0.4) is 0 Å². The van der Waals surface area contributed by atoms with E-state index in [9.17, 15) is 5.11 Å². The predicted octanol–water partition coefficient (Wildman–Crippen LogP) is 6.44. The van der Waals surface area contributed by atoms with Crippen LogP contribution in [0.15, 0.2) is 29.2 Å². The Kier molecular flexibility index (Phi) is 8.05. The average molecular weight is 339 g/mol. The van der Waals surface area contributed by atoms with Crippen molar-refractivity contribution < 1.29 is 5.11 Å². The van der Waals surface area contributed by atoms with Crippen LogP contribution in [0, 0.1) is 17.8 Å². The van der Waals surface area contributed by atoms with Crippen LogP contribution < -0.4 is 0 Å². The molecule has 0 unspecified atom stereocenters. The summed E-state index contributed by atoms with van der Waals surface area (Å²) in [5, 5.41) is 10.8. The van der Waals surface area contributed by atoms with Gasteiger partial charge in [0, 0.05) is 4.90 Å². The average Bonchev–Trinajstić information content (AvgIpc) is 2.35. The van der Waals surface area contributed by atoms with Crippen LogP contribution in [0.1, 0.15) is 41.5 Å². The van der Waals surface area contributed by atoms with Crippen LogP contribution >= 0.6 is 11.8 Å². The lowest BCUT2D eigenvalue weighted by Gasteiger charge is -2.36. The molecular weight excluding hydrogens is 304 g/mol. The first-order valence-electron chi connectivity index (χ1n) is 8.64. The largest absolute Gasteiger partial charge is 0.508 e. The Balaban J connectivity index is 2.87. The molecule has 0 fully saturated rings. The van der Waals surface area contributed by atoms with Crippen molar-refractivity contribution in [3.8, 4) is 5.75 Å². The second-order valence-electron chi connectivity index (χ2n) is 8.08. The van der Waals surface area contributed by atoms with Crippen LogP contribution in [0.25, 0.3) is 0 Å². The van der Waals surface area contributed by atoms with Gasteiger partial charge in [-0.2, -0.15) is 0 Å². The lowest BCUT2D eigenvalue weighted by atomic mass is 10.2. The molecular formula is C19H34OSSi. The van der Waals surface area contributed by atoms with Gasteiger partial charge in [-0.25, -0.2) is 0 Å². The van der Waals surface area contributed by atoms with E-state index in [0.717, 1.165) is 17.8 Å². The van der Waals surface area contributed by atoms with Crippen molar-refractivity contribution in [2.24, 2.45) is 17.8 Å². The first-order valence-corrected chi connectivity index (χ1v) is 12.5. The highest BCUT2D eigenvalue weighted by Gasteiger charge is 2.35. The minimum Gasteiger partial charge on any atom is -0.508 e. The number of benzene rings is 1. The van der Waals surface area contributed by atoms with E-state index < -0.39 is 8.07 Å². The van der Waals surface area contributed by atoms with Gasteiger partial charge in [-0.1, -0.05) is 59.7 Å². The molecule has 0 aromatic heterocycles. The van der Waals surface area contributed by atoms with E-state index in [1.807, 2.05) is 11.8 Å². The Morgan fingerprint density at radius 1 is 0.818 bits per heavy atom. The summed E-state index contributed by atoms with van der Waals surface area (Å²) in [7, 11) is -1.28. The summed E-state index contributed by atoms with van der Waals surface area (Å²) in [6.45, 7) is 14.3. The molecule has 1 aromatic rings. The van der Waals surface area contributed by atoms with E-state index in [1.54, 1.807) is 12.1 Å². The Bertz CT molecular complexity index is 399. The predicted molar refractivity (Wildman–Crippen MR) is 104 cm³/mol. The van der Waals surface area contributed by atoms with Crippen molar-refractivity contribution in [1.29, 1.82) is 0 Å². The third kappa shape index (κ3) is 7.23. The third-order valence-electron chi connectivity index (χ3n) is 3.91. The Labute approximate surface area is 142 Å². The molecule has 0 amide bonds. The lowest BCUT2D eigenvalue weighted by molar-refractivity contribution is 0.475. The summed E-state index contributed by atoms with van der Waals surface area (Å²) in [6, 6.07) is 12.0. The zero-order chi connectivity index (χ0) is 16.8. The van der Waals surface area contributed by atoms with Gasteiger partial charge >= 0.3 is 0 Å². The summed E-state index contributed by atoms with van der Waals surface area (Å²) < 4.78 is 0. The Hall–Kier alpha value is -0.413. The van der Waals surface area contributed by atoms with Gasteiger partial charge in [-0.3, -0.25) is 0 Å². The Morgan fingerprint density at radius 3 is 1.59 bits per heavy atom. The summed E-state index contributed by atoms with van der Waals surface area (Å²) in [5.41, 5.74) is 0. The van der Waals surface area contributed by atoms with Crippen LogP contribution in [0.5, 0.6) is 5.75 Å². The molecule has 22 heavy (non-hydrogen) atoms. The fourth-order valence-electron chi connectivity index (χ4n) is 3.80. The van der Waals surface area contributed by atoms with Crippen LogP contribution in [-0.2, 0) is 0 Å². The molecule has 126 valence electrons. The van der Waals surface area contributed by atoms with Gasteiger partial charge in [-0.05, 0) is 47.4 Å². The van der Waals surface area contributed by atoms with E-state index in [4.69, 9.17) is 0 Å². The Morgan fingerprint density at radius 2 is 1.23 bits per heavy atom.